The Balaban J connectivity index is 2.17. The molecule has 0 radical (unpaired) electrons. The second-order valence-corrected chi connectivity index (χ2v) is 4.00. The van der Waals surface area contributed by atoms with Crippen LogP contribution < -0.4 is 0 Å². The standard InChI is InChI=1S/C11H12N2O/c1-13-5-3-7-8-2-4-12-11(8)10(14)6-9(7)13/h2,4,6-7,12H,3,5H2,1H3. The van der Waals surface area contributed by atoms with Crippen LogP contribution in [0.3, 0.4) is 0 Å². The molecule has 2 heterocycles. The molecule has 1 unspecified atom stereocenters. The SMILES string of the molecule is CN1CCC2C1=CC(=O)c1[nH]ccc12. The highest BCUT2D eigenvalue weighted by Crippen LogP contribution is 2.40. The molecule has 0 bridgehead atoms. The van der Waals surface area contributed by atoms with E-state index in [2.05, 4.69) is 16.9 Å². The van der Waals surface area contributed by atoms with Gasteiger partial charge < -0.3 is 9.88 Å². The summed E-state index contributed by atoms with van der Waals surface area (Å²) in [5, 5.41) is 0. The average molecular weight is 188 g/mol. The van der Waals surface area contributed by atoms with Crippen LogP contribution in [0, 0.1) is 0 Å². The smallest absolute Gasteiger partial charge is 0.204 e. The number of hydrogen-bond donors (Lipinski definition) is 1. The van der Waals surface area contributed by atoms with Gasteiger partial charge in [0.05, 0.1) is 5.69 Å². The van der Waals surface area contributed by atoms with E-state index in [9.17, 15) is 4.79 Å². The van der Waals surface area contributed by atoms with Gasteiger partial charge in [-0.1, -0.05) is 0 Å². The second-order valence-electron chi connectivity index (χ2n) is 4.00. The van der Waals surface area contributed by atoms with Crippen LogP contribution in [0.25, 0.3) is 0 Å². The van der Waals surface area contributed by atoms with Gasteiger partial charge in [-0.15, -0.1) is 0 Å². The van der Waals surface area contributed by atoms with Gasteiger partial charge in [0.15, 0.2) is 0 Å². The predicted molar refractivity (Wildman–Crippen MR) is 53.2 cm³/mol. The molecule has 1 aliphatic carbocycles. The number of H-pyrrole nitrogens is 1. The van der Waals surface area contributed by atoms with Crippen LogP contribution in [0.1, 0.15) is 28.4 Å². The maximum Gasteiger partial charge on any atom is 0.204 e. The van der Waals surface area contributed by atoms with Crippen molar-refractivity contribution in [3.8, 4) is 0 Å². The number of hydrogen-bond acceptors (Lipinski definition) is 2. The summed E-state index contributed by atoms with van der Waals surface area (Å²) in [6.45, 7) is 1.05. The van der Waals surface area contributed by atoms with E-state index >= 15 is 0 Å². The minimum atomic E-state index is 0.116. The van der Waals surface area contributed by atoms with Crippen molar-refractivity contribution in [2.75, 3.05) is 13.6 Å². The van der Waals surface area contributed by atoms with Gasteiger partial charge in [-0.05, 0) is 18.1 Å². The van der Waals surface area contributed by atoms with Crippen molar-refractivity contribution in [1.29, 1.82) is 0 Å². The molecule has 1 aromatic rings. The number of likely N-dealkylation sites (tertiary alicyclic amines) is 1. The largest absolute Gasteiger partial charge is 0.377 e. The van der Waals surface area contributed by atoms with Crippen molar-refractivity contribution < 1.29 is 4.79 Å². The van der Waals surface area contributed by atoms with E-state index < -0.39 is 0 Å². The highest BCUT2D eigenvalue weighted by molar-refractivity contribution is 6.06. The van der Waals surface area contributed by atoms with E-state index in [1.807, 2.05) is 12.3 Å². The summed E-state index contributed by atoms with van der Waals surface area (Å²) >= 11 is 0. The lowest BCUT2D eigenvalue weighted by Crippen LogP contribution is -2.18. The molecule has 1 atom stereocenters. The topological polar surface area (TPSA) is 36.1 Å². The van der Waals surface area contributed by atoms with Gasteiger partial charge in [-0.3, -0.25) is 4.79 Å². The highest BCUT2D eigenvalue weighted by Gasteiger charge is 2.34. The molecule has 1 aliphatic heterocycles. The first kappa shape index (κ1) is 7.85. The van der Waals surface area contributed by atoms with Crippen molar-refractivity contribution in [3.63, 3.8) is 0 Å². The van der Waals surface area contributed by atoms with E-state index in [1.165, 1.54) is 11.3 Å². The van der Waals surface area contributed by atoms with E-state index in [4.69, 9.17) is 0 Å². The number of carbonyl (C=O) groups is 1. The minimum Gasteiger partial charge on any atom is -0.377 e. The minimum absolute atomic E-state index is 0.116. The molecule has 3 rings (SSSR count). The molecule has 0 amide bonds. The Bertz CT molecular complexity index is 430. The first-order chi connectivity index (χ1) is 6.77. The van der Waals surface area contributed by atoms with Crippen LogP contribution >= 0.6 is 0 Å². The maximum absolute atomic E-state index is 11.7. The third-order valence-electron chi connectivity index (χ3n) is 3.23. The Morgan fingerprint density at radius 3 is 3.29 bits per heavy atom. The second kappa shape index (κ2) is 2.50. The van der Waals surface area contributed by atoms with Crippen molar-refractivity contribution in [1.82, 2.24) is 9.88 Å². The molecule has 2 aliphatic rings. The Labute approximate surface area is 82.4 Å². The Morgan fingerprint density at radius 2 is 2.43 bits per heavy atom. The normalized spacial score (nSPS) is 24.6. The summed E-state index contributed by atoms with van der Waals surface area (Å²) in [4.78, 5) is 16.9. The number of allylic oxidation sites excluding steroid dienone is 2. The first-order valence-electron chi connectivity index (χ1n) is 4.91. The van der Waals surface area contributed by atoms with Gasteiger partial charge in [-0.2, -0.15) is 0 Å². The number of aromatic amines is 1. The lowest BCUT2D eigenvalue weighted by molar-refractivity contribution is 0.103. The number of ketones is 1. The van der Waals surface area contributed by atoms with Crippen LogP contribution in [-0.4, -0.2) is 29.3 Å². The molecule has 3 heteroatoms. The van der Waals surface area contributed by atoms with Crippen molar-refractivity contribution in [3.05, 3.63) is 35.3 Å². The van der Waals surface area contributed by atoms with Crippen molar-refractivity contribution >= 4 is 5.78 Å². The molecule has 0 spiro atoms. The molecule has 14 heavy (non-hydrogen) atoms. The molecule has 0 aromatic carbocycles. The summed E-state index contributed by atoms with van der Waals surface area (Å²) in [5.74, 6) is 0.559. The van der Waals surface area contributed by atoms with Crippen LogP contribution in [0.5, 0.6) is 0 Å². The first-order valence-corrected chi connectivity index (χ1v) is 4.91. The molecule has 3 nitrogen and oxygen atoms in total. The Hall–Kier alpha value is -1.51. The van der Waals surface area contributed by atoms with E-state index in [0.717, 1.165) is 18.7 Å². The number of nitrogens with zero attached hydrogens (tertiary/aromatic N) is 1. The summed E-state index contributed by atoms with van der Waals surface area (Å²) in [7, 11) is 2.05. The van der Waals surface area contributed by atoms with Gasteiger partial charge in [0.1, 0.15) is 0 Å². The third kappa shape index (κ3) is 0.842. The maximum atomic E-state index is 11.7. The fourth-order valence-electron chi connectivity index (χ4n) is 2.48. The third-order valence-corrected chi connectivity index (χ3v) is 3.23. The molecular weight excluding hydrogens is 176 g/mol. The Kier molecular flexibility index (Phi) is 1.40. The van der Waals surface area contributed by atoms with Crippen LogP contribution in [0.4, 0.5) is 0 Å². The molecule has 0 saturated carbocycles. The lowest BCUT2D eigenvalue weighted by Gasteiger charge is -2.21. The average Bonchev–Trinajstić information content (AvgIpc) is 2.74. The number of rotatable bonds is 0. The molecule has 1 fully saturated rings. The zero-order valence-electron chi connectivity index (χ0n) is 8.08. The number of nitrogens with one attached hydrogen (secondary N) is 1. The van der Waals surface area contributed by atoms with Gasteiger partial charge in [0.25, 0.3) is 0 Å². The number of fused-ring (bicyclic) bond motifs is 3. The van der Waals surface area contributed by atoms with Crippen LogP contribution in [0.2, 0.25) is 0 Å². The van der Waals surface area contributed by atoms with Gasteiger partial charge >= 0.3 is 0 Å². The zero-order valence-corrected chi connectivity index (χ0v) is 8.08. The molecule has 1 N–H and O–H groups in total. The van der Waals surface area contributed by atoms with Crippen LogP contribution in [0.15, 0.2) is 24.0 Å². The fourth-order valence-corrected chi connectivity index (χ4v) is 2.48. The summed E-state index contributed by atoms with van der Waals surface area (Å²) in [6.07, 6.45) is 4.76. The predicted octanol–water partition coefficient (Wildman–Crippen LogP) is 1.51. The van der Waals surface area contributed by atoms with Gasteiger partial charge in [-0.25, -0.2) is 0 Å². The number of carbonyl (C=O) groups excluding carboxylic acids is 1. The van der Waals surface area contributed by atoms with Crippen molar-refractivity contribution in [2.45, 2.75) is 12.3 Å². The van der Waals surface area contributed by atoms with Gasteiger partial charge in [0.2, 0.25) is 5.78 Å². The summed E-state index contributed by atoms with van der Waals surface area (Å²) < 4.78 is 0. The quantitative estimate of drug-likeness (QED) is 0.670. The van der Waals surface area contributed by atoms with Gasteiger partial charge in [0, 0.05) is 37.5 Å². The van der Waals surface area contributed by atoms with Crippen LogP contribution in [-0.2, 0) is 0 Å². The lowest BCUT2D eigenvalue weighted by atomic mass is 9.89. The van der Waals surface area contributed by atoms with E-state index in [0.29, 0.717) is 5.92 Å². The van der Waals surface area contributed by atoms with Crippen molar-refractivity contribution in [2.24, 2.45) is 0 Å². The molecule has 1 aromatic heterocycles. The number of aromatic nitrogens is 1. The fraction of sp³-hybridized carbons (Fsp3) is 0.364. The summed E-state index contributed by atoms with van der Waals surface area (Å²) in [6, 6.07) is 2.03. The molecule has 1 saturated heterocycles. The van der Waals surface area contributed by atoms with E-state index in [1.54, 1.807) is 6.08 Å². The highest BCUT2D eigenvalue weighted by atomic mass is 16.1. The Morgan fingerprint density at radius 1 is 1.57 bits per heavy atom. The number of likely N-dealkylation sites (N-methyl/N-ethyl adjacent to an activating group) is 1. The molecular formula is C11H12N2O. The summed E-state index contributed by atoms with van der Waals surface area (Å²) in [5.41, 5.74) is 3.15. The zero-order chi connectivity index (χ0) is 9.71. The molecule has 72 valence electrons. The van der Waals surface area contributed by atoms with E-state index in [-0.39, 0.29) is 5.78 Å². The monoisotopic (exact) mass is 188 g/mol.